The van der Waals surface area contributed by atoms with Crippen LogP contribution in [0.3, 0.4) is 0 Å². The van der Waals surface area contributed by atoms with Crippen molar-refractivity contribution in [1.29, 1.82) is 5.26 Å². The van der Waals surface area contributed by atoms with Crippen molar-refractivity contribution in [3.63, 3.8) is 0 Å². The first-order valence-corrected chi connectivity index (χ1v) is 11.8. The van der Waals surface area contributed by atoms with Crippen LogP contribution in [-0.2, 0) is 16.6 Å². The molecule has 1 aromatic carbocycles. The van der Waals surface area contributed by atoms with Gasteiger partial charge in [0.25, 0.3) is 0 Å². The highest BCUT2D eigenvalue weighted by molar-refractivity contribution is 6.00. The molecule has 2 aromatic heterocycles. The van der Waals surface area contributed by atoms with Gasteiger partial charge >= 0.3 is 0 Å². The summed E-state index contributed by atoms with van der Waals surface area (Å²) in [4.78, 5) is 27.4. The molecule has 0 N–H and O–H groups in total. The number of para-hydroxylation sites is 1. The average Bonchev–Trinajstić information content (AvgIpc) is 3.67. The Bertz CT molecular complexity index is 1320. The average molecular weight is 437 g/mol. The van der Waals surface area contributed by atoms with Gasteiger partial charge in [0.15, 0.2) is 11.6 Å². The molecule has 0 amide bonds. The van der Waals surface area contributed by atoms with Crippen LogP contribution in [-0.4, -0.2) is 20.7 Å². The molecule has 1 atom stereocenters. The Morgan fingerprint density at radius 3 is 2.73 bits per heavy atom. The lowest BCUT2D eigenvalue weighted by Crippen LogP contribution is -2.30. The minimum Gasteiger partial charge on any atom is -0.293 e. The number of hydrogen-bond donors (Lipinski definition) is 0. The standard InChI is InChI=1S/C28H28N4O/c1-17(2)25(33)19(16-29)15-28(3)13-6-8-22-24(18-10-11-18)31-27(32-26(22)28)21-12-14-30-23-9-5-4-7-20(21)23/h4-5,7,9,12,14-15,17-18H,6,8,10-11,13H2,1-3H3/b19-15-/t28-/m0/s1. The van der Waals surface area contributed by atoms with E-state index in [1.165, 1.54) is 5.56 Å². The first-order chi connectivity index (χ1) is 15.9. The molecule has 5 nitrogen and oxygen atoms in total. The van der Waals surface area contributed by atoms with Gasteiger partial charge < -0.3 is 0 Å². The van der Waals surface area contributed by atoms with Crippen molar-refractivity contribution in [2.45, 2.75) is 64.2 Å². The molecule has 1 saturated carbocycles. The molecule has 0 unspecified atom stereocenters. The number of ketones is 1. The number of carbonyl (C=O) groups is 1. The van der Waals surface area contributed by atoms with Crippen LogP contribution in [0.1, 0.15) is 69.3 Å². The maximum atomic E-state index is 12.7. The summed E-state index contributed by atoms with van der Waals surface area (Å²) in [5.41, 5.74) is 5.01. The molecular formula is C28H28N4O. The van der Waals surface area contributed by atoms with E-state index < -0.39 is 5.41 Å². The molecule has 1 fully saturated rings. The number of nitriles is 1. The maximum Gasteiger partial charge on any atom is 0.175 e. The quantitative estimate of drug-likeness (QED) is 0.371. The number of carbonyl (C=O) groups excluding carboxylic acids is 1. The fraction of sp³-hybridized carbons (Fsp3) is 0.393. The number of rotatable bonds is 5. The van der Waals surface area contributed by atoms with Crippen LogP contribution in [0.15, 0.2) is 48.2 Å². The number of hydrogen-bond acceptors (Lipinski definition) is 5. The molecule has 3 aromatic rings. The van der Waals surface area contributed by atoms with E-state index in [0.29, 0.717) is 11.7 Å². The molecule has 0 aliphatic heterocycles. The second-order valence-electron chi connectivity index (χ2n) is 9.87. The van der Waals surface area contributed by atoms with Gasteiger partial charge in [-0.1, -0.05) is 45.0 Å². The van der Waals surface area contributed by atoms with Crippen LogP contribution in [0.25, 0.3) is 22.3 Å². The molecule has 0 bridgehead atoms. The van der Waals surface area contributed by atoms with E-state index in [2.05, 4.69) is 24.0 Å². The van der Waals surface area contributed by atoms with Crippen LogP contribution in [0.5, 0.6) is 0 Å². The second-order valence-corrected chi connectivity index (χ2v) is 9.87. The number of benzene rings is 1. The Morgan fingerprint density at radius 1 is 1.21 bits per heavy atom. The van der Waals surface area contributed by atoms with Gasteiger partial charge in [-0.3, -0.25) is 9.78 Å². The lowest BCUT2D eigenvalue weighted by atomic mass is 9.72. The van der Waals surface area contributed by atoms with Crippen molar-refractivity contribution in [3.05, 3.63) is 65.1 Å². The molecule has 33 heavy (non-hydrogen) atoms. The van der Waals surface area contributed by atoms with Gasteiger partial charge in [0.1, 0.15) is 6.07 Å². The molecule has 2 heterocycles. The monoisotopic (exact) mass is 436 g/mol. The molecule has 5 heteroatoms. The lowest BCUT2D eigenvalue weighted by Gasteiger charge is -2.34. The first-order valence-electron chi connectivity index (χ1n) is 11.8. The zero-order valence-corrected chi connectivity index (χ0v) is 19.4. The Hall–Kier alpha value is -3.39. The van der Waals surface area contributed by atoms with E-state index >= 15 is 0 Å². The smallest absolute Gasteiger partial charge is 0.175 e. The molecule has 166 valence electrons. The summed E-state index contributed by atoms with van der Waals surface area (Å²) in [5, 5.41) is 10.8. The lowest BCUT2D eigenvalue weighted by molar-refractivity contribution is -0.117. The Balaban J connectivity index is 1.73. The van der Waals surface area contributed by atoms with E-state index in [-0.39, 0.29) is 17.3 Å². The van der Waals surface area contributed by atoms with E-state index in [0.717, 1.165) is 60.0 Å². The molecular weight excluding hydrogens is 408 g/mol. The van der Waals surface area contributed by atoms with Crippen molar-refractivity contribution in [2.75, 3.05) is 0 Å². The molecule has 2 aliphatic rings. The van der Waals surface area contributed by atoms with Gasteiger partial charge in [0, 0.05) is 34.4 Å². The summed E-state index contributed by atoms with van der Waals surface area (Å²) in [7, 11) is 0. The fourth-order valence-corrected chi connectivity index (χ4v) is 5.01. The maximum absolute atomic E-state index is 12.7. The number of Topliss-reactive ketones (excluding diaryl/α,β-unsaturated/α-hetero) is 1. The predicted octanol–water partition coefficient (Wildman–Crippen LogP) is 5.84. The number of aromatic nitrogens is 3. The second kappa shape index (κ2) is 8.19. The van der Waals surface area contributed by atoms with Gasteiger partial charge in [0.2, 0.25) is 0 Å². The predicted molar refractivity (Wildman–Crippen MR) is 129 cm³/mol. The van der Waals surface area contributed by atoms with Gasteiger partial charge in [-0.25, -0.2) is 9.97 Å². The minimum atomic E-state index is -0.479. The molecule has 0 saturated heterocycles. The minimum absolute atomic E-state index is 0.109. The van der Waals surface area contributed by atoms with Crippen LogP contribution >= 0.6 is 0 Å². The third-order valence-electron chi connectivity index (χ3n) is 6.93. The summed E-state index contributed by atoms with van der Waals surface area (Å²) in [6.45, 7) is 5.80. The molecule has 0 radical (unpaired) electrons. The topological polar surface area (TPSA) is 79.5 Å². The van der Waals surface area contributed by atoms with E-state index in [9.17, 15) is 10.1 Å². The number of allylic oxidation sites excluding steroid dienone is 2. The van der Waals surface area contributed by atoms with Crippen molar-refractivity contribution >= 4 is 16.7 Å². The number of fused-ring (bicyclic) bond motifs is 2. The highest BCUT2D eigenvalue weighted by atomic mass is 16.1. The van der Waals surface area contributed by atoms with Crippen molar-refractivity contribution in [3.8, 4) is 17.5 Å². The van der Waals surface area contributed by atoms with Gasteiger partial charge in [-0.05, 0) is 49.8 Å². The SMILES string of the molecule is CC(C)C(=O)/C(C#N)=C\[C@]1(C)CCCc2c(C3CC3)nc(-c3ccnc4ccccc34)nc21. The highest BCUT2D eigenvalue weighted by Gasteiger charge is 2.39. The summed E-state index contributed by atoms with van der Waals surface area (Å²) in [6, 6.07) is 12.2. The van der Waals surface area contributed by atoms with Crippen molar-refractivity contribution < 1.29 is 4.79 Å². The van der Waals surface area contributed by atoms with Gasteiger partial charge in [-0.15, -0.1) is 0 Å². The van der Waals surface area contributed by atoms with E-state index in [1.54, 1.807) is 0 Å². The molecule has 2 aliphatic carbocycles. The Morgan fingerprint density at radius 2 is 2.00 bits per heavy atom. The summed E-state index contributed by atoms with van der Waals surface area (Å²) in [5.74, 6) is 0.869. The zero-order chi connectivity index (χ0) is 23.2. The summed E-state index contributed by atoms with van der Waals surface area (Å²) >= 11 is 0. The van der Waals surface area contributed by atoms with Crippen molar-refractivity contribution in [1.82, 2.24) is 15.0 Å². The third-order valence-corrected chi connectivity index (χ3v) is 6.93. The third kappa shape index (κ3) is 3.84. The Labute approximate surface area is 194 Å². The molecule has 5 rings (SSSR count). The first kappa shape index (κ1) is 21.5. The largest absolute Gasteiger partial charge is 0.293 e. The fourth-order valence-electron chi connectivity index (χ4n) is 5.01. The summed E-state index contributed by atoms with van der Waals surface area (Å²) < 4.78 is 0. The van der Waals surface area contributed by atoms with E-state index in [4.69, 9.17) is 9.97 Å². The van der Waals surface area contributed by atoms with Crippen LogP contribution in [0.4, 0.5) is 0 Å². The molecule has 0 spiro atoms. The van der Waals surface area contributed by atoms with Crippen LogP contribution < -0.4 is 0 Å². The van der Waals surface area contributed by atoms with Crippen LogP contribution in [0, 0.1) is 17.2 Å². The number of nitrogens with zero attached hydrogens (tertiary/aromatic N) is 4. The zero-order valence-electron chi connectivity index (χ0n) is 19.4. The van der Waals surface area contributed by atoms with Gasteiger partial charge in [0.05, 0.1) is 22.5 Å². The van der Waals surface area contributed by atoms with Gasteiger partial charge in [-0.2, -0.15) is 5.26 Å². The normalized spacial score (nSPS) is 20.5. The van der Waals surface area contributed by atoms with Crippen molar-refractivity contribution in [2.24, 2.45) is 5.92 Å². The number of pyridine rings is 1. The van der Waals surface area contributed by atoms with Crippen LogP contribution in [0.2, 0.25) is 0 Å². The highest BCUT2D eigenvalue weighted by Crippen LogP contribution is 2.47. The Kier molecular flexibility index (Phi) is 5.32. The summed E-state index contributed by atoms with van der Waals surface area (Å²) in [6.07, 6.45) is 8.80. The van der Waals surface area contributed by atoms with E-state index in [1.807, 2.05) is 50.4 Å².